The molecule has 0 aliphatic heterocycles. The molecule has 112 valence electrons. The SMILES string of the molecule is CN(C)C(CNC(=O)c1ccc(F)cc1Br)c1ccco1. The van der Waals surface area contributed by atoms with Gasteiger partial charge in [-0.15, -0.1) is 0 Å². The number of amides is 1. The summed E-state index contributed by atoms with van der Waals surface area (Å²) in [6, 6.07) is 7.59. The Hall–Kier alpha value is -1.66. The van der Waals surface area contributed by atoms with Crippen molar-refractivity contribution in [3.05, 3.63) is 58.2 Å². The molecule has 0 bridgehead atoms. The maximum Gasteiger partial charge on any atom is 0.252 e. The van der Waals surface area contributed by atoms with E-state index in [1.807, 2.05) is 31.1 Å². The number of nitrogens with one attached hydrogen (secondary N) is 1. The fraction of sp³-hybridized carbons (Fsp3) is 0.267. The Morgan fingerprint density at radius 2 is 2.19 bits per heavy atom. The van der Waals surface area contributed by atoms with E-state index in [1.165, 1.54) is 18.2 Å². The Labute approximate surface area is 131 Å². The van der Waals surface area contributed by atoms with E-state index < -0.39 is 0 Å². The second-order valence-corrected chi connectivity index (χ2v) is 5.68. The Kier molecular flexibility index (Phi) is 5.14. The second kappa shape index (κ2) is 6.87. The first-order chi connectivity index (χ1) is 9.99. The van der Waals surface area contributed by atoms with Gasteiger partial charge in [0.05, 0.1) is 17.9 Å². The third-order valence-corrected chi connectivity index (χ3v) is 3.78. The predicted octanol–water partition coefficient (Wildman–Crippen LogP) is 3.21. The van der Waals surface area contributed by atoms with Crippen LogP contribution in [0.25, 0.3) is 0 Å². The molecule has 21 heavy (non-hydrogen) atoms. The highest BCUT2D eigenvalue weighted by atomic mass is 79.9. The van der Waals surface area contributed by atoms with Crippen LogP contribution in [0.1, 0.15) is 22.2 Å². The molecule has 0 saturated carbocycles. The first-order valence-corrected chi connectivity index (χ1v) is 7.21. The van der Waals surface area contributed by atoms with Gasteiger partial charge < -0.3 is 9.73 Å². The average Bonchev–Trinajstić information content (AvgIpc) is 2.92. The first-order valence-electron chi connectivity index (χ1n) is 6.42. The number of hydrogen-bond acceptors (Lipinski definition) is 3. The molecule has 0 spiro atoms. The molecule has 0 saturated heterocycles. The highest BCUT2D eigenvalue weighted by molar-refractivity contribution is 9.10. The summed E-state index contributed by atoms with van der Waals surface area (Å²) in [4.78, 5) is 14.1. The molecule has 1 N–H and O–H groups in total. The third kappa shape index (κ3) is 3.92. The summed E-state index contributed by atoms with van der Waals surface area (Å²) in [7, 11) is 3.82. The minimum atomic E-state index is -0.389. The minimum Gasteiger partial charge on any atom is -0.468 e. The summed E-state index contributed by atoms with van der Waals surface area (Å²) in [6.45, 7) is 0.392. The summed E-state index contributed by atoms with van der Waals surface area (Å²) in [6.07, 6.45) is 1.60. The van der Waals surface area contributed by atoms with Gasteiger partial charge in [-0.2, -0.15) is 0 Å². The molecule has 1 aromatic carbocycles. The fourth-order valence-corrected chi connectivity index (χ4v) is 2.51. The molecule has 0 fully saturated rings. The van der Waals surface area contributed by atoms with E-state index in [0.29, 0.717) is 16.6 Å². The summed E-state index contributed by atoms with van der Waals surface area (Å²) >= 11 is 3.19. The largest absolute Gasteiger partial charge is 0.468 e. The quantitative estimate of drug-likeness (QED) is 0.896. The number of halogens is 2. The van der Waals surface area contributed by atoms with Gasteiger partial charge in [-0.25, -0.2) is 4.39 Å². The molecule has 0 radical (unpaired) electrons. The van der Waals surface area contributed by atoms with Crippen molar-refractivity contribution in [2.75, 3.05) is 20.6 Å². The lowest BCUT2D eigenvalue weighted by Gasteiger charge is -2.22. The molecule has 2 rings (SSSR count). The van der Waals surface area contributed by atoms with Crippen molar-refractivity contribution in [3.8, 4) is 0 Å². The number of furan rings is 1. The molecular formula is C15H16BrFN2O2. The smallest absolute Gasteiger partial charge is 0.252 e. The number of hydrogen-bond donors (Lipinski definition) is 1. The minimum absolute atomic E-state index is 0.0665. The highest BCUT2D eigenvalue weighted by Crippen LogP contribution is 2.20. The standard InChI is InChI=1S/C15H16BrFN2O2/c1-19(2)13(14-4-3-7-21-14)9-18-15(20)11-6-5-10(17)8-12(11)16/h3-8,13H,9H2,1-2H3,(H,18,20). The van der Waals surface area contributed by atoms with Gasteiger partial charge in [0.25, 0.3) is 5.91 Å². The lowest BCUT2D eigenvalue weighted by atomic mass is 10.1. The normalized spacial score (nSPS) is 12.4. The molecule has 0 aliphatic carbocycles. The molecule has 0 aliphatic rings. The average molecular weight is 355 g/mol. The van der Waals surface area contributed by atoms with Gasteiger partial charge in [0.2, 0.25) is 0 Å². The topological polar surface area (TPSA) is 45.5 Å². The molecule has 1 unspecified atom stereocenters. The van der Waals surface area contributed by atoms with Gasteiger partial charge in [-0.1, -0.05) is 0 Å². The summed E-state index contributed by atoms with van der Waals surface area (Å²) in [5.41, 5.74) is 0.397. The van der Waals surface area contributed by atoms with Gasteiger partial charge in [0.1, 0.15) is 11.6 Å². The van der Waals surface area contributed by atoms with E-state index in [-0.39, 0.29) is 17.8 Å². The van der Waals surface area contributed by atoms with Gasteiger partial charge in [0.15, 0.2) is 0 Å². The van der Waals surface area contributed by atoms with Crippen LogP contribution in [0.4, 0.5) is 4.39 Å². The highest BCUT2D eigenvalue weighted by Gasteiger charge is 2.19. The van der Waals surface area contributed by atoms with Crippen LogP contribution in [0.3, 0.4) is 0 Å². The summed E-state index contributed by atoms with van der Waals surface area (Å²) < 4.78 is 18.8. The Morgan fingerprint density at radius 3 is 2.76 bits per heavy atom. The zero-order valence-corrected chi connectivity index (χ0v) is 13.4. The number of nitrogens with zero attached hydrogens (tertiary/aromatic N) is 1. The van der Waals surface area contributed by atoms with Crippen molar-refractivity contribution >= 4 is 21.8 Å². The van der Waals surface area contributed by atoms with Crippen LogP contribution in [0.15, 0.2) is 45.5 Å². The van der Waals surface area contributed by atoms with Gasteiger partial charge in [-0.3, -0.25) is 9.69 Å². The van der Waals surface area contributed by atoms with Crippen molar-refractivity contribution in [2.45, 2.75) is 6.04 Å². The molecule has 1 heterocycles. The van der Waals surface area contributed by atoms with Crippen LogP contribution in [0.2, 0.25) is 0 Å². The van der Waals surface area contributed by atoms with E-state index in [2.05, 4.69) is 21.2 Å². The maximum atomic E-state index is 13.0. The van der Waals surface area contributed by atoms with E-state index >= 15 is 0 Å². The molecule has 1 atom stereocenters. The van der Waals surface area contributed by atoms with Crippen molar-refractivity contribution in [1.82, 2.24) is 10.2 Å². The lowest BCUT2D eigenvalue weighted by molar-refractivity contribution is 0.0938. The third-order valence-electron chi connectivity index (χ3n) is 3.13. The molecular weight excluding hydrogens is 339 g/mol. The number of carbonyl (C=O) groups is 1. The molecule has 6 heteroatoms. The van der Waals surface area contributed by atoms with Gasteiger partial charge in [0, 0.05) is 11.0 Å². The Bertz CT molecular complexity index is 614. The summed E-state index contributed by atoms with van der Waals surface area (Å²) in [5.74, 6) is 0.124. The zero-order valence-electron chi connectivity index (χ0n) is 11.8. The summed E-state index contributed by atoms with van der Waals surface area (Å²) in [5, 5.41) is 2.84. The Balaban J connectivity index is 2.05. The molecule has 4 nitrogen and oxygen atoms in total. The van der Waals surface area contributed by atoms with Crippen LogP contribution < -0.4 is 5.32 Å². The van der Waals surface area contributed by atoms with Crippen LogP contribution in [0.5, 0.6) is 0 Å². The van der Waals surface area contributed by atoms with Crippen LogP contribution in [-0.2, 0) is 0 Å². The molecule has 1 amide bonds. The molecule has 1 aromatic heterocycles. The van der Waals surface area contributed by atoms with Gasteiger partial charge in [-0.05, 0) is 60.4 Å². The Morgan fingerprint density at radius 1 is 1.43 bits per heavy atom. The monoisotopic (exact) mass is 354 g/mol. The van der Waals surface area contributed by atoms with Crippen LogP contribution in [-0.4, -0.2) is 31.4 Å². The van der Waals surface area contributed by atoms with E-state index in [0.717, 1.165) is 5.76 Å². The van der Waals surface area contributed by atoms with Crippen molar-refractivity contribution in [1.29, 1.82) is 0 Å². The van der Waals surface area contributed by atoms with Crippen LogP contribution in [0, 0.1) is 5.82 Å². The number of benzene rings is 1. The van der Waals surface area contributed by atoms with E-state index in [9.17, 15) is 9.18 Å². The lowest BCUT2D eigenvalue weighted by Crippen LogP contribution is -2.34. The van der Waals surface area contributed by atoms with Crippen molar-refractivity contribution < 1.29 is 13.6 Å². The fourth-order valence-electron chi connectivity index (χ4n) is 1.98. The maximum absolute atomic E-state index is 13.0. The van der Waals surface area contributed by atoms with Gasteiger partial charge >= 0.3 is 0 Å². The van der Waals surface area contributed by atoms with E-state index in [1.54, 1.807) is 6.26 Å². The van der Waals surface area contributed by atoms with Crippen molar-refractivity contribution in [2.24, 2.45) is 0 Å². The first kappa shape index (κ1) is 15.7. The number of rotatable bonds is 5. The predicted molar refractivity (Wildman–Crippen MR) is 81.6 cm³/mol. The zero-order chi connectivity index (χ0) is 15.4. The second-order valence-electron chi connectivity index (χ2n) is 4.83. The van der Waals surface area contributed by atoms with Crippen LogP contribution >= 0.6 is 15.9 Å². The molecule has 2 aromatic rings. The van der Waals surface area contributed by atoms with E-state index in [4.69, 9.17) is 4.42 Å². The van der Waals surface area contributed by atoms with Crippen molar-refractivity contribution in [3.63, 3.8) is 0 Å². The number of likely N-dealkylation sites (N-methyl/N-ethyl adjacent to an activating group) is 1. The number of carbonyl (C=O) groups excluding carboxylic acids is 1.